The van der Waals surface area contributed by atoms with Crippen LogP contribution < -0.4 is 5.32 Å². The first-order valence-electron chi connectivity index (χ1n) is 6.18. The summed E-state index contributed by atoms with van der Waals surface area (Å²) < 4.78 is 9.07. The van der Waals surface area contributed by atoms with Gasteiger partial charge in [-0.1, -0.05) is 0 Å². The lowest BCUT2D eigenvalue weighted by Crippen LogP contribution is -2.04. The van der Waals surface area contributed by atoms with Gasteiger partial charge in [-0.25, -0.2) is 4.98 Å². The molecule has 0 atom stereocenters. The molecule has 0 aromatic carbocycles. The molecule has 0 amide bonds. The number of anilines is 2. The highest BCUT2D eigenvalue weighted by atomic mass is 16.5. The number of aromatic nitrogens is 4. The van der Waals surface area contributed by atoms with Gasteiger partial charge in [-0.2, -0.15) is 5.10 Å². The van der Waals surface area contributed by atoms with Crippen molar-refractivity contribution in [2.45, 2.75) is 25.4 Å². The minimum absolute atomic E-state index is 0.624. The molecule has 0 radical (unpaired) electrons. The first kappa shape index (κ1) is 11.3. The van der Waals surface area contributed by atoms with Crippen molar-refractivity contribution in [2.24, 2.45) is 0 Å². The summed E-state index contributed by atoms with van der Waals surface area (Å²) in [5, 5.41) is 7.56. The van der Waals surface area contributed by atoms with Crippen LogP contribution in [-0.2, 0) is 11.3 Å². The summed E-state index contributed by atoms with van der Waals surface area (Å²) in [6, 6.07) is 0.624. The number of nitrogens with zero attached hydrogens (tertiary/aromatic N) is 4. The average molecular weight is 247 g/mol. The highest BCUT2D eigenvalue weighted by Gasteiger charge is 2.25. The summed E-state index contributed by atoms with van der Waals surface area (Å²) in [6.07, 6.45) is 10.1. The zero-order valence-corrected chi connectivity index (χ0v) is 10.4. The topological polar surface area (TPSA) is 56.9 Å². The minimum atomic E-state index is 0.624. The van der Waals surface area contributed by atoms with E-state index < -0.39 is 0 Å². The highest BCUT2D eigenvalue weighted by molar-refractivity contribution is 5.51. The molecule has 1 saturated carbocycles. The van der Waals surface area contributed by atoms with Gasteiger partial charge in [0.25, 0.3) is 0 Å². The summed E-state index contributed by atoms with van der Waals surface area (Å²) in [6.45, 7) is 1.42. The van der Waals surface area contributed by atoms with Crippen LogP contribution in [-0.4, -0.2) is 33.0 Å². The SMILES string of the molecule is COCCn1cc(Nc2nccn2C2CC2)cn1. The minimum Gasteiger partial charge on any atom is -0.383 e. The molecule has 0 saturated heterocycles. The number of hydrogen-bond donors (Lipinski definition) is 1. The number of rotatable bonds is 6. The summed E-state index contributed by atoms with van der Waals surface area (Å²) in [7, 11) is 1.69. The summed E-state index contributed by atoms with van der Waals surface area (Å²) in [4.78, 5) is 4.33. The summed E-state index contributed by atoms with van der Waals surface area (Å²) >= 11 is 0. The van der Waals surface area contributed by atoms with Gasteiger partial charge in [0.1, 0.15) is 0 Å². The van der Waals surface area contributed by atoms with E-state index >= 15 is 0 Å². The molecule has 6 heteroatoms. The molecule has 96 valence electrons. The largest absolute Gasteiger partial charge is 0.383 e. The molecule has 0 bridgehead atoms. The molecule has 1 N–H and O–H groups in total. The van der Waals surface area contributed by atoms with Crippen LogP contribution in [0.15, 0.2) is 24.8 Å². The van der Waals surface area contributed by atoms with E-state index in [1.807, 2.05) is 29.5 Å². The maximum atomic E-state index is 5.02. The zero-order chi connectivity index (χ0) is 12.4. The number of nitrogens with one attached hydrogen (secondary N) is 1. The highest BCUT2D eigenvalue weighted by Crippen LogP contribution is 2.37. The number of ether oxygens (including phenoxy) is 1. The molecule has 2 aromatic heterocycles. The Labute approximate surface area is 106 Å². The van der Waals surface area contributed by atoms with Crippen LogP contribution in [0.1, 0.15) is 18.9 Å². The van der Waals surface area contributed by atoms with Crippen molar-refractivity contribution in [3.8, 4) is 0 Å². The number of methoxy groups -OCH3 is 1. The van der Waals surface area contributed by atoms with Crippen molar-refractivity contribution < 1.29 is 4.74 Å². The molecular weight excluding hydrogens is 230 g/mol. The van der Waals surface area contributed by atoms with Crippen LogP contribution in [0.3, 0.4) is 0 Å². The Morgan fingerprint density at radius 2 is 2.39 bits per heavy atom. The van der Waals surface area contributed by atoms with E-state index in [2.05, 4.69) is 20.0 Å². The predicted octanol–water partition coefficient (Wildman–Crippen LogP) is 1.80. The zero-order valence-electron chi connectivity index (χ0n) is 10.4. The molecule has 3 rings (SSSR count). The van der Waals surface area contributed by atoms with Gasteiger partial charge in [-0.05, 0) is 12.8 Å². The van der Waals surface area contributed by atoms with Gasteiger partial charge < -0.3 is 14.6 Å². The van der Waals surface area contributed by atoms with Crippen LogP contribution in [0.4, 0.5) is 11.6 Å². The second-order valence-corrected chi connectivity index (χ2v) is 4.50. The molecule has 0 spiro atoms. The van der Waals surface area contributed by atoms with Crippen LogP contribution >= 0.6 is 0 Å². The van der Waals surface area contributed by atoms with E-state index in [1.165, 1.54) is 12.8 Å². The fraction of sp³-hybridized carbons (Fsp3) is 0.500. The van der Waals surface area contributed by atoms with Crippen molar-refractivity contribution >= 4 is 11.6 Å². The molecule has 2 aromatic rings. The number of imidazole rings is 1. The van der Waals surface area contributed by atoms with E-state index in [0.717, 1.165) is 18.2 Å². The molecule has 6 nitrogen and oxygen atoms in total. The van der Waals surface area contributed by atoms with Gasteiger partial charge in [-0.3, -0.25) is 4.68 Å². The Bertz CT molecular complexity index is 514. The van der Waals surface area contributed by atoms with Crippen molar-refractivity contribution in [3.63, 3.8) is 0 Å². The normalized spacial score (nSPS) is 14.9. The van der Waals surface area contributed by atoms with Crippen LogP contribution in [0.5, 0.6) is 0 Å². The summed E-state index contributed by atoms with van der Waals surface area (Å²) in [5.41, 5.74) is 0.958. The molecule has 1 aliphatic carbocycles. The van der Waals surface area contributed by atoms with Gasteiger partial charge in [-0.15, -0.1) is 0 Å². The third-order valence-electron chi connectivity index (χ3n) is 3.02. The monoisotopic (exact) mass is 247 g/mol. The maximum absolute atomic E-state index is 5.02. The molecule has 1 fully saturated rings. The van der Waals surface area contributed by atoms with Crippen LogP contribution in [0, 0.1) is 0 Å². The molecular formula is C12H17N5O. The second-order valence-electron chi connectivity index (χ2n) is 4.50. The van der Waals surface area contributed by atoms with E-state index in [-0.39, 0.29) is 0 Å². The van der Waals surface area contributed by atoms with Crippen LogP contribution in [0.2, 0.25) is 0 Å². The van der Waals surface area contributed by atoms with E-state index in [1.54, 1.807) is 7.11 Å². The Morgan fingerprint density at radius 1 is 1.50 bits per heavy atom. The third-order valence-corrected chi connectivity index (χ3v) is 3.02. The Kier molecular flexibility index (Phi) is 3.02. The molecule has 0 aliphatic heterocycles. The van der Waals surface area contributed by atoms with E-state index in [9.17, 15) is 0 Å². The first-order valence-corrected chi connectivity index (χ1v) is 6.18. The van der Waals surface area contributed by atoms with Gasteiger partial charge >= 0.3 is 0 Å². The number of hydrogen-bond acceptors (Lipinski definition) is 4. The van der Waals surface area contributed by atoms with Crippen LogP contribution in [0.25, 0.3) is 0 Å². The van der Waals surface area contributed by atoms with Gasteiger partial charge in [0.15, 0.2) is 0 Å². The fourth-order valence-electron chi connectivity index (χ4n) is 1.92. The van der Waals surface area contributed by atoms with E-state index in [4.69, 9.17) is 4.74 Å². The second kappa shape index (κ2) is 4.81. The lowest BCUT2D eigenvalue weighted by molar-refractivity contribution is 0.183. The van der Waals surface area contributed by atoms with E-state index in [0.29, 0.717) is 12.6 Å². The standard InChI is InChI=1S/C12H17N5O/c1-18-7-6-16-9-10(8-14-16)15-12-13-4-5-17(12)11-2-3-11/h4-5,8-9,11H,2-3,6-7H2,1H3,(H,13,15). The van der Waals surface area contributed by atoms with Crippen molar-refractivity contribution in [3.05, 3.63) is 24.8 Å². The third kappa shape index (κ3) is 2.38. The van der Waals surface area contributed by atoms with Crippen molar-refractivity contribution in [2.75, 3.05) is 19.0 Å². The molecule has 2 heterocycles. The Morgan fingerprint density at radius 3 is 3.17 bits per heavy atom. The lowest BCUT2D eigenvalue weighted by atomic mass is 10.5. The fourth-order valence-corrected chi connectivity index (χ4v) is 1.92. The van der Waals surface area contributed by atoms with Gasteiger partial charge in [0.2, 0.25) is 5.95 Å². The smallest absolute Gasteiger partial charge is 0.207 e. The summed E-state index contributed by atoms with van der Waals surface area (Å²) in [5.74, 6) is 0.892. The predicted molar refractivity (Wildman–Crippen MR) is 67.9 cm³/mol. The average Bonchev–Trinajstić information content (AvgIpc) is 2.96. The lowest BCUT2D eigenvalue weighted by Gasteiger charge is -2.06. The van der Waals surface area contributed by atoms with Crippen molar-refractivity contribution in [1.82, 2.24) is 19.3 Å². The molecule has 1 aliphatic rings. The molecule has 18 heavy (non-hydrogen) atoms. The van der Waals surface area contributed by atoms with Crippen molar-refractivity contribution in [1.29, 1.82) is 0 Å². The Hall–Kier alpha value is -1.82. The quantitative estimate of drug-likeness (QED) is 0.845. The Balaban J connectivity index is 1.67. The maximum Gasteiger partial charge on any atom is 0.207 e. The van der Waals surface area contributed by atoms with Gasteiger partial charge in [0, 0.05) is 31.7 Å². The van der Waals surface area contributed by atoms with Gasteiger partial charge in [0.05, 0.1) is 25.0 Å². The molecule has 0 unspecified atom stereocenters. The first-order chi connectivity index (χ1) is 8.86.